The first-order valence-electron chi connectivity index (χ1n) is 5.41. The number of nitrogens with zero attached hydrogens (tertiary/aromatic N) is 3. The summed E-state index contributed by atoms with van der Waals surface area (Å²) < 4.78 is 31.7. The highest BCUT2D eigenvalue weighted by Crippen LogP contribution is 2.24. The van der Waals surface area contributed by atoms with Gasteiger partial charge in [-0.2, -0.15) is 0 Å². The minimum absolute atomic E-state index is 0.154. The first-order chi connectivity index (χ1) is 8.01. The maximum atomic E-state index is 13.3. The van der Waals surface area contributed by atoms with E-state index in [1.165, 1.54) is 4.90 Å². The van der Waals surface area contributed by atoms with Gasteiger partial charge in [0.1, 0.15) is 4.92 Å². The van der Waals surface area contributed by atoms with Crippen molar-refractivity contribution in [2.24, 2.45) is 10.9 Å². The van der Waals surface area contributed by atoms with Gasteiger partial charge in [0.05, 0.1) is 13.2 Å². The average molecular weight is 249 g/mol. The van der Waals surface area contributed by atoms with Crippen molar-refractivity contribution in [3.63, 3.8) is 0 Å². The van der Waals surface area contributed by atoms with Crippen molar-refractivity contribution < 1.29 is 18.4 Å². The molecule has 2 rings (SSSR count). The number of rotatable bonds is 4. The SMILES string of the molecule is O=[N+]([O-])C(F)(F)C1=NCCN1CC1CCOC1. The van der Waals surface area contributed by atoms with Gasteiger partial charge in [0, 0.05) is 25.6 Å². The summed E-state index contributed by atoms with van der Waals surface area (Å²) in [6.07, 6.45) is 0.799. The average Bonchev–Trinajstić information content (AvgIpc) is 2.89. The fourth-order valence-electron chi connectivity index (χ4n) is 2.07. The Morgan fingerprint density at radius 1 is 1.65 bits per heavy atom. The molecule has 0 saturated carbocycles. The number of alkyl halides is 2. The third-order valence-corrected chi connectivity index (χ3v) is 2.93. The van der Waals surface area contributed by atoms with Gasteiger partial charge in [-0.15, -0.1) is 8.78 Å². The second kappa shape index (κ2) is 4.52. The van der Waals surface area contributed by atoms with E-state index in [0.29, 0.717) is 26.3 Å². The predicted molar refractivity (Wildman–Crippen MR) is 54.7 cm³/mol. The molecule has 17 heavy (non-hydrogen) atoms. The van der Waals surface area contributed by atoms with E-state index in [2.05, 4.69) is 4.99 Å². The molecule has 0 bridgehead atoms. The summed E-state index contributed by atoms with van der Waals surface area (Å²) in [5, 5.41) is 10.3. The number of hydrogen-bond donors (Lipinski definition) is 0. The van der Waals surface area contributed by atoms with Crippen molar-refractivity contribution in [2.45, 2.75) is 12.5 Å². The molecule has 2 aliphatic rings. The van der Waals surface area contributed by atoms with Gasteiger partial charge < -0.3 is 9.64 Å². The van der Waals surface area contributed by atoms with Gasteiger partial charge in [-0.25, -0.2) is 0 Å². The molecule has 0 aliphatic carbocycles. The Kier molecular flexibility index (Phi) is 3.23. The predicted octanol–water partition coefficient (Wildman–Crippen LogP) is 0.607. The smallest absolute Gasteiger partial charge is 0.381 e. The van der Waals surface area contributed by atoms with Gasteiger partial charge in [0.15, 0.2) is 0 Å². The number of halogens is 2. The molecule has 1 saturated heterocycles. The fraction of sp³-hybridized carbons (Fsp3) is 0.889. The van der Waals surface area contributed by atoms with E-state index in [1.54, 1.807) is 0 Å². The Bertz CT molecular complexity index is 342. The quantitative estimate of drug-likeness (QED) is 0.416. The lowest BCUT2D eigenvalue weighted by atomic mass is 10.1. The van der Waals surface area contributed by atoms with Crippen molar-refractivity contribution in [3.05, 3.63) is 10.1 Å². The van der Waals surface area contributed by atoms with Crippen LogP contribution in [-0.4, -0.2) is 54.6 Å². The number of aliphatic imine (C=N–C) groups is 1. The fourth-order valence-corrected chi connectivity index (χ4v) is 2.07. The van der Waals surface area contributed by atoms with Crippen molar-refractivity contribution in [1.29, 1.82) is 0 Å². The number of amidine groups is 1. The highest BCUT2D eigenvalue weighted by molar-refractivity contribution is 5.88. The Morgan fingerprint density at radius 3 is 3.00 bits per heavy atom. The van der Waals surface area contributed by atoms with E-state index in [-0.39, 0.29) is 12.5 Å². The third kappa shape index (κ3) is 2.36. The molecule has 0 aromatic rings. The molecule has 2 heterocycles. The van der Waals surface area contributed by atoms with Gasteiger partial charge in [0.25, 0.3) is 5.84 Å². The molecule has 1 unspecified atom stereocenters. The van der Waals surface area contributed by atoms with Crippen molar-refractivity contribution >= 4 is 5.84 Å². The van der Waals surface area contributed by atoms with Gasteiger partial charge >= 0.3 is 6.05 Å². The zero-order valence-electron chi connectivity index (χ0n) is 9.14. The first kappa shape index (κ1) is 12.2. The van der Waals surface area contributed by atoms with Gasteiger partial charge in [-0.1, -0.05) is 0 Å². The monoisotopic (exact) mass is 249 g/mol. The lowest BCUT2D eigenvalue weighted by Gasteiger charge is -2.23. The van der Waals surface area contributed by atoms with Crippen LogP contribution in [0.15, 0.2) is 4.99 Å². The first-order valence-corrected chi connectivity index (χ1v) is 5.41. The molecule has 0 aromatic carbocycles. The Morgan fingerprint density at radius 2 is 2.41 bits per heavy atom. The van der Waals surface area contributed by atoms with Crippen LogP contribution in [0.3, 0.4) is 0 Å². The van der Waals surface area contributed by atoms with E-state index in [0.717, 1.165) is 6.42 Å². The maximum absolute atomic E-state index is 13.3. The number of hydrogen-bond acceptors (Lipinski definition) is 5. The molecular weight excluding hydrogens is 236 g/mol. The molecule has 6 nitrogen and oxygen atoms in total. The van der Waals surface area contributed by atoms with Crippen LogP contribution in [0.2, 0.25) is 0 Å². The molecule has 0 aromatic heterocycles. The lowest BCUT2D eigenvalue weighted by molar-refractivity contribution is -0.618. The van der Waals surface area contributed by atoms with Gasteiger partial charge in [-0.3, -0.25) is 15.1 Å². The molecule has 0 N–H and O–H groups in total. The standard InChI is InChI=1S/C9H13F2N3O3/c10-9(11,14(15)16)8-12-2-3-13(8)5-7-1-4-17-6-7/h7H,1-6H2. The van der Waals surface area contributed by atoms with Crippen LogP contribution in [0.1, 0.15) is 6.42 Å². The normalized spacial score (nSPS) is 25.2. The van der Waals surface area contributed by atoms with Crippen LogP contribution in [0, 0.1) is 16.0 Å². The van der Waals surface area contributed by atoms with Crippen LogP contribution in [-0.2, 0) is 4.74 Å². The number of ether oxygens (including phenoxy) is 1. The molecule has 1 atom stereocenters. The third-order valence-electron chi connectivity index (χ3n) is 2.93. The largest absolute Gasteiger partial charge is 0.572 e. The van der Waals surface area contributed by atoms with Crippen LogP contribution < -0.4 is 0 Å². The van der Waals surface area contributed by atoms with E-state index in [9.17, 15) is 18.9 Å². The van der Waals surface area contributed by atoms with Crippen LogP contribution in [0.5, 0.6) is 0 Å². The maximum Gasteiger partial charge on any atom is 0.572 e. The van der Waals surface area contributed by atoms with Crippen LogP contribution >= 0.6 is 0 Å². The molecule has 0 spiro atoms. The summed E-state index contributed by atoms with van der Waals surface area (Å²) in [6.45, 7) is 1.99. The summed E-state index contributed by atoms with van der Waals surface area (Å²) in [5.41, 5.74) is 0. The van der Waals surface area contributed by atoms with Crippen LogP contribution in [0.4, 0.5) is 8.78 Å². The zero-order chi connectivity index (χ0) is 12.5. The molecule has 2 aliphatic heterocycles. The van der Waals surface area contributed by atoms with E-state index in [1.807, 2.05) is 0 Å². The van der Waals surface area contributed by atoms with Gasteiger partial charge in [0.2, 0.25) is 0 Å². The van der Waals surface area contributed by atoms with Crippen molar-refractivity contribution in [2.75, 3.05) is 32.8 Å². The Hall–Kier alpha value is -1.31. The second-order valence-electron chi connectivity index (χ2n) is 4.18. The lowest BCUT2D eigenvalue weighted by Crippen LogP contribution is -2.47. The molecule has 0 radical (unpaired) electrons. The van der Waals surface area contributed by atoms with Crippen molar-refractivity contribution in [1.82, 2.24) is 4.90 Å². The van der Waals surface area contributed by atoms with E-state index >= 15 is 0 Å². The van der Waals surface area contributed by atoms with Crippen molar-refractivity contribution in [3.8, 4) is 0 Å². The summed E-state index contributed by atoms with van der Waals surface area (Å²) >= 11 is 0. The molecule has 0 amide bonds. The highest BCUT2D eigenvalue weighted by Gasteiger charge is 2.54. The Labute approximate surface area is 96.4 Å². The minimum Gasteiger partial charge on any atom is -0.381 e. The highest BCUT2D eigenvalue weighted by atomic mass is 19.3. The minimum atomic E-state index is -4.09. The van der Waals surface area contributed by atoms with Gasteiger partial charge in [-0.05, 0) is 6.42 Å². The summed E-state index contributed by atoms with van der Waals surface area (Å²) in [7, 11) is 0. The van der Waals surface area contributed by atoms with E-state index < -0.39 is 16.8 Å². The van der Waals surface area contributed by atoms with Crippen LogP contribution in [0.25, 0.3) is 0 Å². The molecule has 96 valence electrons. The Balaban J connectivity index is 2.03. The topological polar surface area (TPSA) is 68.0 Å². The number of nitro groups is 1. The summed E-state index contributed by atoms with van der Waals surface area (Å²) in [5.74, 6) is -0.560. The molecule has 1 fully saturated rings. The van der Waals surface area contributed by atoms with E-state index in [4.69, 9.17) is 4.74 Å². The second-order valence-corrected chi connectivity index (χ2v) is 4.18. The zero-order valence-corrected chi connectivity index (χ0v) is 9.14. The molecular formula is C9H13F2N3O3. The molecule has 8 heteroatoms. The summed E-state index contributed by atoms with van der Waals surface area (Å²) in [6, 6.07) is -4.09. The summed E-state index contributed by atoms with van der Waals surface area (Å²) in [4.78, 5) is 13.6.